The van der Waals surface area contributed by atoms with E-state index in [1.165, 1.54) is 27.9 Å². The summed E-state index contributed by atoms with van der Waals surface area (Å²) in [7, 11) is 0. The number of allylic oxidation sites excluding steroid dienone is 1. The number of aryl methyl sites for hydroxylation is 3. The van der Waals surface area contributed by atoms with Crippen LogP contribution in [0.5, 0.6) is 0 Å². The molecule has 1 amide bonds. The van der Waals surface area contributed by atoms with Gasteiger partial charge in [0.15, 0.2) is 0 Å². The standard InChI is InChI=1S/C29H38N4O/c1-7-12-33-23(6)22(5)25-17-24(29(34)32-15-13-31(8-2)14-16-32)18-27(28(25)33)30-19-26-20(3)10-9-11-21(26)4/h7,9-11,17-18,30H,1,8,12-16,19H2,2-6H3. The lowest BCUT2D eigenvalue weighted by Gasteiger charge is -2.34. The molecule has 1 fully saturated rings. The Kier molecular flexibility index (Phi) is 7.13. The van der Waals surface area contributed by atoms with Gasteiger partial charge in [-0.3, -0.25) is 4.79 Å². The highest BCUT2D eigenvalue weighted by Crippen LogP contribution is 2.34. The van der Waals surface area contributed by atoms with Gasteiger partial charge in [-0.05, 0) is 68.6 Å². The van der Waals surface area contributed by atoms with Crippen LogP contribution in [-0.2, 0) is 13.1 Å². The Bertz CT molecular complexity index is 1190. The van der Waals surface area contributed by atoms with Crippen molar-refractivity contribution in [3.05, 3.63) is 76.5 Å². The van der Waals surface area contributed by atoms with Crippen LogP contribution < -0.4 is 5.32 Å². The summed E-state index contributed by atoms with van der Waals surface area (Å²) < 4.78 is 2.30. The molecule has 1 aliphatic rings. The molecule has 1 saturated heterocycles. The number of fused-ring (bicyclic) bond motifs is 1. The number of piperazine rings is 1. The van der Waals surface area contributed by atoms with Gasteiger partial charge in [0.1, 0.15) is 0 Å². The smallest absolute Gasteiger partial charge is 0.254 e. The fraction of sp³-hybridized carbons (Fsp3) is 0.414. The van der Waals surface area contributed by atoms with E-state index in [9.17, 15) is 4.79 Å². The molecule has 0 bridgehead atoms. The molecular formula is C29H38N4O. The minimum atomic E-state index is 0.126. The van der Waals surface area contributed by atoms with E-state index < -0.39 is 0 Å². The van der Waals surface area contributed by atoms with Crippen LogP contribution in [-0.4, -0.2) is 53.0 Å². The van der Waals surface area contributed by atoms with E-state index in [4.69, 9.17) is 0 Å². The summed E-state index contributed by atoms with van der Waals surface area (Å²) in [5.74, 6) is 0.126. The zero-order chi connectivity index (χ0) is 24.4. The molecule has 34 heavy (non-hydrogen) atoms. The van der Waals surface area contributed by atoms with E-state index in [2.05, 4.69) is 86.3 Å². The number of anilines is 1. The number of rotatable bonds is 7. The molecule has 0 spiro atoms. The van der Waals surface area contributed by atoms with E-state index in [1.807, 2.05) is 11.0 Å². The van der Waals surface area contributed by atoms with E-state index in [-0.39, 0.29) is 5.91 Å². The first-order chi connectivity index (χ1) is 16.3. The molecular weight excluding hydrogens is 420 g/mol. The van der Waals surface area contributed by atoms with Crippen molar-refractivity contribution in [3.63, 3.8) is 0 Å². The van der Waals surface area contributed by atoms with Crippen LogP contribution in [0.1, 0.15) is 45.2 Å². The highest BCUT2D eigenvalue weighted by atomic mass is 16.2. The largest absolute Gasteiger partial charge is 0.379 e. The van der Waals surface area contributed by atoms with Gasteiger partial charge in [-0.1, -0.05) is 31.2 Å². The van der Waals surface area contributed by atoms with Crippen LogP contribution in [0.15, 0.2) is 43.0 Å². The summed E-state index contributed by atoms with van der Waals surface area (Å²) in [4.78, 5) is 18.0. The lowest BCUT2D eigenvalue weighted by atomic mass is 10.0. The first-order valence-corrected chi connectivity index (χ1v) is 12.4. The van der Waals surface area contributed by atoms with E-state index in [0.717, 1.165) is 68.0 Å². The Balaban J connectivity index is 1.76. The summed E-state index contributed by atoms with van der Waals surface area (Å²) in [5, 5.41) is 4.85. The topological polar surface area (TPSA) is 40.5 Å². The Labute approximate surface area is 204 Å². The SMILES string of the molecule is C=CCn1c(C)c(C)c2cc(C(=O)N3CCN(CC)CC3)cc(NCc3c(C)cccc3C)c21. The average molecular weight is 459 g/mol. The van der Waals surface area contributed by atoms with Gasteiger partial charge < -0.3 is 19.7 Å². The fourth-order valence-electron chi connectivity index (χ4n) is 5.15. The number of carbonyl (C=O) groups is 1. The number of aromatic nitrogens is 1. The normalized spacial score (nSPS) is 14.6. The molecule has 0 atom stereocenters. The van der Waals surface area contributed by atoms with Gasteiger partial charge in [0.2, 0.25) is 0 Å². The van der Waals surface area contributed by atoms with Crippen LogP contribution in [0.25, 0.3) is 10.9 Å². The van der Waals surface area contributed by atoms with Crippen molar-refractivity contribution in [2.75, 3.05) is 38.0 Å². The third-order valence-corrected chi connectivity index (χ3v) is 7.50. The number of hydrogen-bond acceptors (Lipinski definition) is 3. The molecule has 0 unspecified atom stereocenters. The quantitative estimate of drug-likeness (QED) is 0.479. The lowest BCUT2D eigenvalue weighted by Crippen LogP contribution is -2.48. The molecule has 0 aliphatic carbocycles. The van der Waals surface area contributed by atoms with Gasteiger partial charge in [-0.2, -0.15) is 0 Å². The second-order valence-corrected chi connectivity index (χ2v) is 9.48. The Morgan fingerprint density at radius 3 is 2.35 bits per heavy atom. The first-order valence-electron chi connectivity index (χ1n) is 12.4. The second kappa shape index (κ2) is 10.1. The summed E-state index contributed by atoms with van der Waals surface area (Å²) >= 11 is 0. The van der Waals surface area contributed by atoms with Gasteiger partial charge in [0, 0.05) is 55.9 Å². The summed E-state index contributed by atoms with van der Waals surface area (Å²) in [5.41, 5.74) is 9.21. The molecule has 5 heteroatoms. The van der Waals surface area contributed by atoms with Crippen LogP contribution in [0.4, 0.5) is 5.69 Å². The van der Waals surface area contributed by atoms with E-state index in [0.29, 0.717) is 0 Å². The fourth-order valence-corrected chi connectivity index (χ4v) is 5.15. The lowest BCUT2D eigenvalue weighted by molar-refractivity contribution is 0.0643. The number of amides is 1. The monoisotopic (exact) mass is 458 g/mol. The molecule has 2 aromatic carbocycles. The number of nitrogens with one attached hydrogen (secondary N) is 1. The average Bonchev–Trinajstić information content (AvgIpc) is 3.08. The molecule has 5 nitrogen and oxygen atoms in total. The van der Waals surface area contributed by atoms with Gasteiger partial charge >= 0.3 is 0 Å². The summed E-state index contributed by atoms with van der Waals surface area (Å²) in [6.07, 6.45) is 1.94. The number of carbonyl (C=O) groups excluding carboxylic acids is 1. The van der Waals surface area contributed by atoms with Crippen molar-refractivity contribution in [1.29, 1.82) is 0 Å². The predicted molar refractivity (Wildman–Crippen MR) is 143 cm³/mol. The van der Waals surface area contributed by atoms with Gasteiger partial charge in [0.25, 0.3) is 5.91 Å². The molecule has 2 heterocycles. The number of nitrogens with zero attached hydrogens (tertiary/aromatic N) is 3. The maximum absolute atomic E-state index is 13.6. The minimum absolute atomic E-state index is 0.126. The van der Waals surface area contributed by atoms with Gasteiger partial charge in [-0.25, -0.2) is 0 Å². The Hall–Kier alpha value is -3.05. The Morgan fingerprint density at radius 2 is 1.74 bits per heavy atom. The molecule has 0 radical (unpaired) electrons. The van der Waals surface area contributed by atoms with Gasteiger partial charge in [0.05, 0.1) is 11.2 Å². The molecule has 3 aromatic rings. The molecule has 0 saturated carbocycles. The molecule has 180 valence electrons. The number of hydrogen-bond donors (Lipinski definition) is 1. The van der Waals surface area contributed by atoms with Crippen molar-refractivity contribution in [3.8, 4) is 0 Å². The van der Waals surface area contributed by atoms with Gasteiger partial charge in [-0.15, -0.1) is 6.58 Å². The van der Waals surface area contributed by atoms with E-state index in [1.54, 1.807) is 0 Å². The Morgan fingerprint density at radius 1 is 1.06 bits per heavy atom. The zero-order valence-electron chi connectivity index (χ0n) is 21.4. The number of likely N-dealkylation sites (N-methyl/N-ethyl adjacent to an activating group) is 1. The van der Waals surface area contributed by atoms with Crippen LogP contribution in [0.3, 0.4) is 0 Å². The van der Waals surface area contributed by atoms with Crippen LogP contribution in [0.2, 0.25) is 0 Å². The second-order valence-electron chi connectivity index (χ2n) is 9.48. The zero-order valence-corrected chi connectivity index (χ0v) is 21.4. The summed E-state index contributed by atoms with van der Waals surface area (Å²) in [6, 6.07) is 10.6. The van der Waals surface area contributed by atoms with Crippen molar-refractivity contribution < 1.29 is 4.79 Å². The molecule has 1 aromatic heterocycles. The first kappa shape index (κ1) is 24.1. The van der Waals surface area contributed by atoms with Crippen molar-refractivity contribution in [2.24, 2.45) is 0 Å². The molecule has 1 aliphatic heterocycles. The maximum Gasteiger partial charge on any atom is 0.254 e. The summed E-state index contributed by atoms with van der Waals surface area (Å²) in [6.45, 7) is 20.7. The highest BCUT2D eigenvalue weighted by Gasteiger charge is 2.24. The van der Waals surface area contributed by atoms with Crippen molar-refractivity contribution >= 4 is 22.5 Å². The van der Waals surface area contributed by atoms with Crippen molar-refractivity contribution in [1.82, 2.24) is 14.4 Å². The number of benzene rings is 2. The molecule has 1 N–H and O–H groups in total. The predicted octanol–water partition coefficient (Wildman–Crippen LogP) is 5.45. The highest BCUT2D eigenvalue weighted by molar-refractivity contribution is 6.04. The maximum atomic E-state index is 13.6. The minimum Gasteiger partial charge on any atom is -0.379 e. The third kappa shape index (κ3) is 4.49. The van der Waals surface area contributed by atoms with Crippen LogP contribution >= 0.6 is 0 Å². The van der Waals surface area contributed by atoms with Crippen LogP contribution in [0, 0.1) is 27.7 Å². The molecule has 4 rings (SSSR count). The van der Waals surface area contributed by atoms with E-state index >= 15 is 0 Å². The van der Waals surface area contributed by atoms with Crippen molar-refractivity contribution in [2.45, 2.75) is 47.7 Å². The third-order valence-electron chi connectivity index (χ3n) is 7.50.